The van der Waals surface area contributed by atoms with Crippen molar-refractivity contribution in [3.05, 3.63) is 40.4 Å². The smallest absolute Gasteiger partial charge is 0.144 e. The number of benzene rings is 1. The Morgan fingerprint density at radius 2 is 1.96 bits per heavy atom. The summed E-state index contributed by atoms with van der Waals surface area (Å²) in [5.41, 5.74) is 3.32. The summed E-state index contributed by atoms with van der Waals surface area (Å²) < 4.78 is 0. The molecule has 1 saturated carbocycles. The average Bonchev–Trinajstić information content (AvgIpc) is 2.50. The molecule has 1 N–H and O–H groups in total. The van der Waals surface area contributed by atoms with Crippen LogP contribution in [0.15, 0.2) is 35.0 Å². The average molecular weight is 337 g/mol. The van der Waals surface area contributed by atoms with Crippen LogP contribution in [-0.2, 0) is 4.84 Å². The van der Waals surface area contributed by atoms with E-state index in [4.69, 9.17) is 16.4 Å². The predicted octanol–water partition coefficient (Wildman–Crippen LogP) is 3.59. The third kappa shape index (κ3) is 6.34. The zero-order chi connectivity index (χ0) is 16.7. The minimum Gasteiger partial charge on any atom is -0.393 e. The van der Waals surface area contributed by atoms with Gasteiger partial charge in [0.15, 0.2) is 0 Å². The highest BCUT2D eigenvalue weighted by Gasteiger charge is 2.14. The molecule has 1 atom stereocenters. The summed E-state index contributed by atoms with van der Waals surface area (Å²) in [5.74, 6) is 0. The molecule has 0 radical (unpaired) electrons. The van der Waals surface area contributed by atoms with Crippen molar-refractivity contribution in [3.63, 3.8) is 0 Å². The number of aliphatic hydroxyl groups is 1. The zero-order valence-corrected chi connectivity index (χ0v) is 14.6. The van der Waals surface area contributed by atoms with Gasteiger partial charge in [-0.3, -0.25) is 0 Å². The lowest BCUT2D eigenvalue weighted by atomic mass is 9.91. The number of rotatable bonds is 6. The summed E-state index contributed by atoms with van der Waals surface area (Å²) in [6.45, 7) is 0.786. The molecule has 5 heteroatoms. The Balaban J connectivity index is 2.00. The van der Waals surface area contributed by atoms with E-state index in [1.165, 1.54) is 12.0 Å². The quantitative estimate of drug-likeness (QED) is 0.807. The Hall–Kier alpha value is -1.36. The van der Waals surface area contributed by atoms with Crippen molar-refractivity contribution < 1.29 is 9.94 Å². The van der Waals surface area contributed by atoms with Crippen LogP contribution >= 0.6 is 11.6 Å². The highest BCUT2D eigenvalue weighted by atomic mass is 35.5. The fraction of sp³-hybridized carbons (Fsp3) is 0.500. The highest BCUT2D eigenvalue weighted by molar-refractivity contribution is 6.30. The largest absolute Gasteiger partial charge is 0.393 e. The molecular formula is C18H25ClN2O2. The molecule has 23 heavy (non-hydrogen) atoms. The lowest BCUT2D eigenvalue weighted by Crippen LogP contribution is -2.29. The third-order valence-corrected chi connectivity index (χ3v) is 3.96. The van der Waals surface area contributed by atoms with Gasteiger partial charge in [-0.1, -0.05) is 28.9 Å². The Morgan fingerprint density at radius 1 is 1.26 bits per heavy atom. The molecule has 1 aromatic rings. The van der Waals surface area contributed by atoms with Gasteiger partial charge in [0.05, 0.1) is 5.71 Å². The lowest BCUT2D eigenvalue weighted by molar-refractivity contribution is 0.0267. The van der Waals surface area contributed by atoms with Crippen LogP contribution in [-0.4, -0.2) is 49.1 Å². The van der Waals surface area contributed by atoms with Crippen molar-refractivity contribution in [1.82, 2.24) is 4.90 Å². The Morgan fingerprint density at radius 3 is 2.65 bits per heavy atom. The molecule has 1 unspecified atom stereocenters. The normalized spacial score (nSPS) is 20.2. The van der Waals surface area contributed by atoms with Gasteiger partial charge in [0, 0.05) is 11.6 Å². The fourth-order valence-electron chi connectivity index (χ4n) is 2.61. The molecule has 0 spiro atoms. The van der Waals surface area contributed by atoms with E-state index in [9.17, 15) is 5.11 Å². The van der Waals surface area contributed by atoms with Crippen molar-refractivity contribution >= 4 is 23.4 Å². The van der Waals surface area contributed by atoms with Crippen LogP contribution in [0, 0.1) is 0 Å². The standard InChI is InChI=1S/C18H25ClN2O2/c1-21(2)12-17(22)13-23-20-18-6-4-3-5-15(18)11-14-7-9-16(19)10-8-14/h7-11,17,22H,3-6,12-13H2,1-2H3. The maximum atomic E-state index is 9.81. The molecule has 2 rings (SSSR count). The summed E-state index contributed by atoms with van der Waals surface area (Å²) in [7, 11) is 3.84. The summed E-state index contributed by atoms with van der Waals surface area (Å²) >= 11 is 5.93. The second-order valence-corrected chi connectivity index (χ2v) is 6.61. The molecule has 0 amide bonds. The number of oxime groups is 1. The molecule has 126 valence electrons. The first-order valence-electron chi connectivity index (χ1n) is 8.03. The molecule has 1 aromatic carbocycles. The maximum Gasteiger partial charge on any atom is 0.144 e. The molecule has 1 fully saturated rings. The van der Waals surface area contributed by atoms with E-state index in [2.05, 4.69) is 11.2 Å². The first-order valence-corrected chi connectivity index (χ1v) is 8.40. The second-order valence-electron chi connectivity index (χ2n) is 6.18. The number of hydrogen-bond donors (Lipinski definition) is 1. The van der Waals surface area contributed by atoms with Crippen LogP contribution in [0.5, 0.6) is 0 Å². The number of hydrogen-bond acceptors (Lipinski definition) is 4. The van der Waals surface area contributed by atoms with Gasteiger partial charge in [-0.25, -0.2) is 0 Å². The summed E-state index contributed by atoms with van der Waals surface area (Å²) in [6, 6.07) is 7.79. The minimum absolute atomic E-state index is 0.218. The number of aliphatic hydroxyl groups excluding tert-OH is 1. The number of likely N-dealkylation sites (N-methyl/N-ethyl adjacent to an activating group) is 1. The summed E-state index contributed by atoms with van der Waals surface area (Å²) in [4.78, 5) is 7.30. The topological polar surface area (TPSA) is 45.1 Å². The van der Waals surface area contributed by atoms with Crippen LogP contribution in [0.25, 0.3) is 6.08 Å². The molecule has 4 nitrogen and oxygen atoms in total. The molecule has 0 saturated heterocycles. The Labute approximate surface area is 143 Å². The number of halogens is 1. The van der Waals surface area contributed by atoms with Crippen LogP contribution < -0.4 is 0 Å². The second kappa shape index (κ2) is 9.06. The monoisotopic (exact) mass is 336 g/mol. The first kappa shape index (κ1) is 18.0. The maximum absolute atomic E-state index is 9.81. The van der Waals surface area contributed by atoms with Gasteiger partial charge in [-0.05, 0) is 69.1 Å². The summed E-state index contributed by atoms with van der Waals surface area (Å²) in [5, 5.41) is 14.8. The fourth-order valence-corrected chi connectivity index (χ4v) is 2.73. The van der Waals surface area contributed by atoms with Crippen LogP contribution in [0.4, 0.5) is 0 Å². The van der Waals surface area contributed by atoms with Crippen molar-refractivity contribution in [2.24, 2.45) is 5.16 Å². The van der Waals surface area contributed by atoms with Crippen molar-refractivity contribution in [2.45, 2.75) is 31.8 Å². The van der Waals surface area contributed by atoms with E-state index >= 15 is 0 Å². The molecule has 0 aliphatic heterocycles. The van der Waals surface area contributed by atoms with E-state index in [1.807, 2.05) is 43.3 Å². The van der Waals surface area contributed by atoms with Gasteiger partial charge in [0.1, 0.15) is 12.7 Å². The Kier molecular flexibility index (Phi) is 7.09. The van der Waals surface area contributed by atoms with Crippen molar-refractivity contribution in [1.29, 1.82) is 0 Å². The molecule has 0 heterocycles. The zero-order valence-electron chi connectivity index (χ0n) is 13.8. The summed E-state index contributed by atoms with van der Waals surface area (Å²) in [6.07, 6.45) is 5.84. The third-order valence-electron chi connectivity index (χ3n) is 3.71. The molecule has 1 aliphatic rings. The van der Waals surface area contributed by atoms with Crippen LogP contribution in [0.1, 0.15) is 31.2 Å². The number of allylic oxidation sites excluding steroid dienone is 1. The van der Waals surface area contributed by atoms with Gasteiger partial charge in [0.25, 0.3) is 0 Å². The van der Waals surface area contributed by atoms with Gasteiger partial charge in [0.2, 0.25) is 0 Å². The van der Waals surface area contributed by atoms with Crippen LogP contribution in [0.2, 0.25) is 5.02 Å². The van der Waals surface area contributed by atoms with E-state index in [0.29, 0.717) is 6.54 Å². The van der Waals surface area contributed by atoms with E-state index < -0.39 is 6.10 Å². The van der Waals surface area contributed by atoms with E-state index in [0.717, 1.165) is 35.6 Å². The van der Waals surface area contributed by atoms with Crippen LogP contribution in [0.3, 0.4) is 0 Å². The minimum atomic E-state index is -0.526. The Bertz CT molecular complexity index is 553. The van der Waals surface area contributed by atoms with Gasteiger partial charge in [-0.15, -0.1) is 0 Å². The SMILES string of the molecule is CN(C)CC(O)CON=C1CCCCC1=Cc1ccc(Cl)cc1. The molecule has 1 aliphatic carbocycles. The molecule has 0 aromatic heterocycles. The highest BCUT2D eigenvalue weighted by Crippen LogP contribution is 2.24. The van der Waals surface area contributed by atoms with Gasteiger partial charge in [-0.2, -0.15) is 0 Å². The van der Waals surface area contributed by atoms with Gasteiger partial charge < -0.3 is 14.8 Å². The van der Waals surface area contributed by atoms with Gasteiger partial charge >= 0.3 is 0 Å². The van der Waals surface area contributed by atoms with E-state index in [-0.39, 0.29) is 6.61 Å². The number of nitrogens with zero attached hydrogens (tertiary/aromatic N) is 2. The lowest BCUT2D eigenvalue weighted by Gasteiger charge is -2.18. The molecule has 0 bridgehead atoms. The first-order chi connectivity index (χ1) is 11.0. The van der Waals surface area contributed by atoms with E-state index in [1.54, 1.807) is 0 Å². The molecular weight excluding hydrogens is 312 g/mol. The van der Waals surface area contributed by atoms with Crippen molar-refractivity contribution in [2.75, 3.05) is 27.2 Å². The van der Waals surface area contributed by atoms with Crippen molar-refractivity contribution in [3.8, 4) is 0 Å². The predicted molar refractivity (Wildman–Crippen MR) is 95.8 cm³/mol.